The SMILES string of the molecule is C#CCNCC(=O)Nc1c(C)cc(C)cc1Br. The first-order valence-corrected chi connectivity index (χ1v) is 6.04. The molecule has 0 bridgehead atoms. The van der Waals surface area contributed by atoms with Gasteiger partial charge in [0, 0.05) is 4.47 Å². The Morgan fingerprint density at radius 2 is 2.18 bits per heavy atom. The number of aryl methyl sites for hydroxylation is 2. The average molecular weight is 295 g/mol. The number of terminal acetylenes is 1. The van der Waals surface area contributed by atoms with Crippen molar-refractivity contribution in [2.45, 2.75) is 13.8 Å². The normalized spacial score (nSPS) is 9.76. The van der Waals surface area contributed by atoms with Crippen molar-refractivity contribution in [3.63, 3.8) is 0 Å². The maximum Gasteiger partial charge on any atom is 0.238 e. The van der Waals surface area contributed by atoms with Gasteiger partial charge in [0.05, 0.1) is 18.8 Å². The molecule has 0 aliphatic carbocycles. The van der Waals surface area contributed by atoms with E-state index < -0.39 is 0 Å². The van der Waals surface area contributed by atoms with Crippen LogP contribution < -0.4 is 10.6 Å². The molecule has 0 aromatic heterocycles. The van der Waals surface area contributed by atoms with Crippen LogP contribution in [-0.2, 0) is 4.79 Å². The molecule has 0 fully saturated rings. The lowest BCUT2D eigenvalue weighted by molar-refractivity contribution is -0.115. The number of amides is 1. The molecular formula is C13H15BrN2O. The predicted molar refractivity (Wildman–Crippen MR) is 73.9 cm³/mol. The summed E-state index contributed by atoms with van der Waals surface area (Å²) in [4.78, 5) is 11.6. The fourth-order valence-corrected chi connectivity index (χ4v) is 2.28. The van der Waals surface area contributed by atoms with Crippen LogP contribution in [0.3, 0.4) is 0 Å². The molecule has 2 N–H and O–H groups in total. The topological polar surface area (TPSA) is 41.1 Å². The molecule has 0 aliphatic rings. The van der Waals surface area contributed by atoms with Crippen molar-refractivity contribution in [2.75, 3.05) is 18.4 Å². The summed E-state index contributed by atoms with van der Waals surface area (Å²) >= 11 is 3.44. The summed E-state index contributed by atoms with van der Waals surface area (Å²) in [6.45, 7) is 4.57. The van der Waals surface area contributed by atoms with E-state index in [0.717, 1.165) is 21.3 Å². The molecule has 1 rings (SSSR count). The highest BCUT2D eigenvalue weighted by Crippen LogP contribution is 2.27. The maximum absolute atomic E-state index is 11.6. The Morgan fingerprint density at radius 1 is 1.47 bits per heavy atom. The zero-order valence-corrected chi connectivity index (χ0v) is 11.5. The number of benzene rings is 1. The summed E-state index contributed by atoms with van der Waals surface area (Å²) in [6, 6.07) is 3.99. The first kappa shape index (κ1) is 13.8. The van der Waals surface area contributed by atoms with Crippen molar-refractivity contribution in [2.24, 2.45) is 0 Å². The molecule has 0 atom stereocenters. The highest BCUT2D eigenvalue weighted by molar-refractivity contribution is 9.10. The molecule has 0 saturated heterocycles. The van der Waals surface area contributed by atoms with Crippen LogP contribution >= 0.6 is 15.9 Å². The second-order valence-corrected chi connectivity index (χ2v) is 4.65. The van der Waals surface area contributed by atoms with Crippen molar-refractivity contribution < 1.29 is 4.79 Å². The zero-order valence-electron chi connectivity index (χ0n) is 9.93. The van der Waals surface area contributed by atoms with Crippen LogP contribution in [0.5, 0.6) is 0 Å². The summed E-state index contributed by atoms with van der Waals surface area (Å²) in [6.07, 6.45) is 5.08. The third kappa shape index (κ3) is 4.22. The van der Waals surface area contributed by atoms with Crippen molar-refractivity contribution in [1.82, 2.24) is 5.32 Å². The van der Waals surface area contributed by atoms with Crippen LogP contribution in [0.4, 0.5) is 5.69 Å². The van der Waals surface area contributed by atoms with E-state index in [1.54, 1.807) is 0 Å². The molecule has 3 nitrogen and oxygen atoms in total. The molecule has 1 amide bonds. The van der Waals surface area contributed by atoms with E-state index in [2.05, 4.69) is 32.5 Å². The Balaban J connectivity index is 2.69. The van der Waals surface area contributed by atoms with Crippen molar-refractivity contribution in [3.8, 4) is 12.3 Å². The van der Waals surface area contributed by atoms with Gasteiger partial charge in [-0.3, -0.25) is 10.1 Å². The lowest BCUT2D eigenvalue weighted by atomic mass is 10.1. The van der Waals surface area contributed by atoms with Gasteiger partial charge in [0.1, 0.15) is 0 Å². The number of hydrogen-bond acceptors (Lipinski definition) is 2. The van der Waals surface area contributed by atoms with E-state index in [1.165, 1.54) is 0 Å². The van der Waals surface area contributed by atoms with Gasteiger partial charge in [0.2, 0.25) is 5.91 Å². The molecule has 0 unspecified atom stereocenters. The minimum Gasteiger partial charge on any atom is -0.324 e. The summed E-state index contributed by atoms with van der Waals surface area (Å²) < 4.78 is 0.889. The Bertz CT molecular complexity index is 440. The first-order chi connectivity index (χ1) is 8.04. The fraction of sp³-hybridized carbons (Fsp3) is 0.308. The number of carbonyl (C=O) groups is 1. The number of carbonyl (C=O) groups excluding carboxylic acids is 1. The monoisotopic (exact) mass is 294 g/mol. The number of halogens is 1. The molecule has 1 aromatic carbocycles. The summed E-state index contributed by atoms with van der Waals surface area (Å²) in [5, 5.41) is 5.69. The third-order valence-electron chi connectivity index (χ3n) is 2.21. The van der Waals surface area contributed by atoms with Crippen molar-refractivity contribution in [3.05, 3.63) is 27.7 Å². The largest absolute Gasteiger partial charge is 0.324 e. The van der Waals surface area contributed by atoms with Gasteiger partial charge in [-0.05, 0) is 47.0 Å². The number of anilines is 1. The van der Waals surface area contributed by atoms with Crippen molar-refractivity contribution >= 4 is 27.5 Å². The third-order valence-corrected chi connectivity index (χ3v) is 2.83. The average Bonchev–Trinajstić information content (AvgIpc) is 2.24. The fourth-order valence-electron chi connectivity index (χ4n) is 1.51. The first-order valence-electron chi connectivity index (χ1n) is 5.25. The standard InChI is InChI=1S/C13H15BrN2O/c1-4-5-15-8-12(17)16-13-10(3)6-9(2)7-11(13)14/h1,6-7,15H,5,8H2,2-3H3,(H,16,17). The van der Waals surface area contributed by atoms with Gasteiger partial charge < -0.3 is 5.32 Å². The van der Waals surface area contributed by atoms with Gasteiger partial charge in [-0.2, -0.15) is 0 Å². The van der Waals surface area contributed by atoms with Crippen LogP contribution in [0.15, 0.2) is 16.6 Å². The van der Waals surface area contributed by atoms with Gasteiger partial charge in [-0.25, -0.2) is 0 Å². The molecule has 0 heterocycles. The number of rotatable bonds is 4. The number of hydrogen-bond donors (Lipinski definition) is 2. The minimum absolute atomic E-state index is 0.104. The summed E-state index contributed by atoms with van der Waals surface area (Å²) in [5.41, 5.74) is 2.99. The molecule has 1 aromatic rings. The highest BCUT2D eigenvalue weighted by atomic mass is 79.9. The Labute approximate surface area is 110 Å². The van der Waals surface area contributed by atoms with E-state index in [0.29, 0.717) is 6.54 Å². The smallest absolute Gasteiger partial charge is 0.238 e. The summed E-state index contributed by atoms with van der Waals surface area (Å²) in [7, 11) is 0. The van der Waals surface area contributed by atoms with Crippen LogP contribution in [0.25, 0.3) is 0 Å². The van der Waals surface area contributed by atoms with Crippen LogP contribution in [0.1, 0.15) is 11.1 Å². The van der Waals surface area contributed by atoms with Gasteiger partial charge in [-0.1, -0.05) is 12.0 Å². The van der Waals surface area contributed by atoms with Gasteiger partial charge in [-0.15, -0.1) is 6.42 Å². The molecule has 0 spiro atoms. The van der Waals surface area contributed by atoms with Crippen LogP contribution in [0, 0.1) is 26.2 Å². The molecule has 0 aliphatic heterocycles. The maximum atomic E-state index is 11.6. The van der Waals surface area contributed by atoms with E-state index in [9.17, 15) is 4.79 Å². The molecule has 0 radical (unpaired) electrons. The molecule has 4 heteroatoms. The second-order valence-electron chi connectivity index (χ2n) is 3.79. The quantitative estimate of drug-likeness (QED) is 0.660. The second kappa shape index (κ2) is 6.43. The lowest BCUT2D eigenvalue weighted by Gasteiger charge is -2.11. The lowest BCUT2D eigenvalue weighted by Crippen LogP contribution is -2.28. The van der Waals surface area contributed by atoms with E-state index in [4.69, 9.17) is 6.42 Å². The highest BCUT2D eigenvalue weighted by Gasteiger charge is 2.08. The van der Waals surface area contributed by atoms with Crippen LogP contribution in [0.2, 0.25) is 0 Å². The van der Waals surface area contributed by atoms with Crippen molar-refractivity contribution in [1.29, 1.82) is 0 Å². The van der Waals surface area contributed by atoms with Crippen LogP contribution in [-0.4, -0.2) is 19.0 Å². The van der Waals surface area contributed by atoms with Gasteiger partial charge >= 0.3 is 0 Å². The predicted octanol–water partition coefficient (Wildman–Crippen LogP) is 2.23. The molecular weight excluding hydrogens is 280 g/mol. The molecule has 90 valence electrons. The van der Waals surface area contributed by atoms with E-state index >= 15 is 0 Å². The number of nitrogens with one attached hydrogen (secondary N) is 2. The molecule has 0 saturated carbocycles. The van der Waals surface area contributed by atoms with Gasteiger partial charge in [0.25, 0.3) is 0 Å². The summed E-state index contributed by atoms with van der Waals surface area (Å²) in [5.74, 6) is 2.31. The molecule has 17 heavy (non-hydrogen) atoms. The Hall–Kier alpha value is -1.31. The van der Waals surface area contributed by atoms with E-state index in [-0.39, 0.29) is 12.5 Å². The zero-order chi connectivity index (χ0) is 12.8. The van der Waals surface area contributed by atoms with E-state index in [1.807, 2.05) is 26.0 Å². The Morgan fingerprint density at radius 3 is 2.76 bits per heavy atom. The van der Waals surface area contributed by atoms with Gasteiger partial charge in [0.15, 0.2) is 0 Å². The Kier molecular flexibility index (Phi) is 5.20. The minimum atomic E-state index is -0.104.